The molecule has 104 valence electrons. The Morgan fingerprint density at radius 1 is 0.850 bits per heavy atom. The maximum Gasteiger partial charge on any atom is 0.161 e. The van der Waals surface area contributed by atoms with Crippen LogP contribution in [0.5, 0.6) is 5.75 Å². The van der Waals surface area contributed by atoms with Gasteiger partial charge in [0.1, 0.15) is 5.75 Å². The number of benzene rings is 2. The molecule has 2 aromatic carbocycles. The van der Waals surface area contributed by atoms with E-state index in [1.807, 2.05) is 0 Å². The molecule has 0 saturated carbocycles. The summed E-state index contributed by atoms with van der Waals surface area (Å²) in [6, 6.07) is 11.1. The van der Waals surface area contributed by atoms with Crippen LogP contribution in [0.4, 0.5) is 5.69 Å². The summed E-state index contributed by atoms with van der Waals surface area (Å²) in [6.45, 7) is 10.1. The number of aryl methyl sites for hydroxylation is 4. The minimum atomic E-state index is 0.625. The van der Waals surface area contributed by atoms with Crippen molar-refractivity contribution in [3.05, 3.63) is 58.1 Å². The van der Waals surface area contributed by atoms with Gasteiger partial charge in [-0.1, -0.05) is 23.8 Å². The molecule has 1 aliphatic rings. The van der Waals surface area contributed by atoms with Crippen LogP contribution >= 0.6 is 0 Å². The molecule has 0 spiro atoms. The van der Waals surface area contributed by atoms with Gasteiger partial charge in [-0.15, -0.1) is 0 Å². The minimum Gasteiger partial charge on any atom is -0.472 e. The van der Waals surface area contributed by atoms with Gasteiger partial charge in [-0.2, -0.15) is 0 Å². The Balaban J connectivity index is 1.95. The van der Waals surface area contributed by atoms with Gasteiger partial charge >= 0.3 is 0 Å². The van der Waals surface area contributed by atoms with Crippen molar-refractivity contribution in [2.75, 3.05) is 11.6 Å². The molecule has 3 rings (SSSR count). The fourth-order valence-electron chi connectivity index (χ4n) is 3.06. The molecule has 0 N–H and O–H groups in total. The number of hydrogen-bond donors (Lipinski definition) is 0. The number of fused-ring (bicyclic) bond motifs is 1. The van der Waals surface area contributed by atoms with E-state index in [0.717, 1.165) is 12.3 Å². The standard InChI is InChI=1S/C18H21NO/c1-12-5-13(2)9-17(8-12)19-10-16-7-14(3)6-15(4)18(16)20-11-19/h5-9H,10-11H2,1-4H3. The molecule has 1 aliphatic heterocycles. The summed E-state index contributed by atoms with van der Waals surface area (Å²) >= 11 is 0. The first-order valence-electron chi connectivity index (χ1n) is 7.09. The first-order valence-corrected chi connectivity index (χ1v) is 7.09. The van der Waals surface area contributed by atoms with Crippen LogP contribution in [0.2, 0.25) is 0 Å². The lowest BCUT2D eigenvalue weighted by Gasteiger charge is -2.32. The summed E-state index contributed by atoms with van der Waals surface area (Å²) in [6.07, 6.45) is 0. The molecule has 2 aromatic rings. The van der Waals surface area contributed by atoms with Gasteiger partial charge in [0, 0.05) is 17.8 Å². The van der Waals surface area contributed by atoms with Gasteiger partial charge < -0.3 is 9.64 Å². The Hall–Kier alpha value is -1.96. The van der Waals surface area contributed by atoms with Crippen molar-refractivity contribution in [2.24, 2.45) is 0 Å². The first-order chi connectivity index (χ1) is 9.52. The molecule has 0 saturated heterocycles. The van der Waals surface area contributed by atoms with E-state index in [2.05, 4.69) is 62.9 Å². The SMILES string of the molecule is Cc1cc(C)cc(N2COc3c(C)cc(C)cc3C2)c1. The highest BCUT2D eigenvalue weighted by molar-refractivity contribution is 5.54. The van der Waals surface area contributed by atoms with Gasteiger partial charge in [-0.25, -0.2) is 0 Å². The van der Waals surface area contributed by atoms with Crippen molar-refractivity contribution in [1.29, 1.82) is 0 Å². The lowest BCUT2D eigenvalue weighted by atomic mass is 10.0. The van der Waals surface area contributed by atoms with Crippen LogP contribution in [-0.4, -0.2) is 6.73 Å². The predicted molar refractivity (Wildman–Crippen MR) is 83.5 cm³/mol. The van der Waals surface area contributed by atoms with E-state index in [1.165, 1.54) is 33.5 Å². The van der Waals surface area contributed by atoms with Crippen LogP contribution in [0.3, 0.4) is 0 Å². The van der Waals surface area contributed by atoms with Gasteiger partial charge in [-0.3, -0.25) is 0 Å². The van der Waals surface area contributed by atoms with Crippen LogP contribution in [0.1, 0.15) is 27.8 Å². The minimum absolute atomic E-state index is 0.625. The molecule has 0 aliphatic carbocycles. The quantitative estimate of drug-likeness (QED) is 0.764. The van der Waals surface area contributed by atoms with Gasteiger partial charge in [0.05, 0.1) is 0 Å². The number of rotatable bonds is 1. The van der Waals surface area contributed by atoms with Crippen molar-refractivity contribution < 1.29 is 4.74 Å². The molecule has 20 heavy (non-hydrogen) atoms. The van der Waals surface area contributed by atoms with E-state index < -0.39 is 0 Å². The third kappa shape index (κ3) is 2.38. The molecule has 0 atom stereocenters. The summed E-state index contributed by atoms with van der Waals surface area (Å²) in [5.41, 5.74) is 7.66. The highest BCUT2D eigenvalue weighted by Gasteiger charge is 2.19. The summed E-state index contributed by atoms with van der Waals surface area (Å²) in [4.78, 5) is 2.29. The number of nitrogens with zero attached hydrogens (tertiary/aromatic N) is 1. The zero-order valence-corrected chi connectivity index (χ0v) is 12.7. The third-order valence-electron chi connectivity index (χ3n) is 3.79. The molecule has 0 aromatic heterocycles. The molecule has 1 heterocycles. The second-order valence-corrected chi connectivity index (χ2v) is 5.89. The Labute approximate surface area is 121 Å². The van der Waals surface area contributed by atoms with Crippen molar-refractivity contribution in [3.8, 4) is 5.75 Å². The molecule has 2 nitrogen and oxygen atoms in total. The van der Waals surface area contributed by atoms with E-state index in [-0.39, 0.29) is 0 Å². The van der Waals surface area contributed by atoms with Crippen molar-refractivity contribution in [1.82, 2.24) is 0 Å². The topological polar surface area (TPSA) is 12.5 Å². The highest BCUT2D eigenvalue weighted by atomic mass is 16.5. The second kappa shape index (κ2) is 4.86. The van der Waals surface area contributed by atoms with E-state index >= 15 is 0 Å². The average Bonchev–Trinajstić information content (AvgIpc) is 2.36. The van der Waals surface area contributed by atoms with E-state index in [1.54, 1.807) is 0 Å². The zero-order chi connectivity index (χ0) is 14.3. The fraction of sp³-hybridized carbons (Fsp3) is 0.333. The monoisotopic (exact) mass is 267 g/mol. The predicted octanol–water partition coefficient (Wildman–Crippen LogP) is 4.28. The van der Waals surface area contributed by atoms with Gasteiger partial charge in [0.15, 0.2) is 6.73 Å². The fourth-order valence-corrected chi connectivity index (χ4v) is 3.06. The maximum atomic E-state index is 5.98. The van der Waals surface area contributed by atoms with E-state index in [9.17, 15) is 0 Å². The maximum absolute atomic E-state index is 5.98. The second-order valence-electron chi connectivity index (χ2n) is 5.89. The smallest absolute Gasteiger partial charge is 0.161 e. The number of hydrogen-bond acceptors (Lipinski definition) is 2. The summed E-state index contributed by atoms with van der Waals surface area (Å²) < 4.78 is 5.98. The van der Waals surface area contributed by atoms with Crippen LogP contribution in [-0.2, 0) is 6.54 Å². The largest absolute Gasteiger partial charge is 0.472 e. The van der Waals surface area contributed by atoms with Crippen LogP contribution in [0.15, 0.2) is 30.3 Å². The number of ether oxygens (including phenoxy) is 1. The summed E-state index contributed by atoms with van der Waals surface area (Å²) in [5, 5.41) is 0. The van der Waals surface area contributed by atoms with E-state index in [0.29, 0.717) is 6.73 Å². The van der Waals surface area contributed by atoms with Crippen LogP contribution < -0.4 is 9.64 Å². The molecular weight excluding hydrogens is 246 g/mol. The molecule has 0 fully saturated rings. The molecule has 0 radical (unpaired) electrons. The number of anilines is 1. The normalized spacial score (nSPS) is 13.9. The van der Waals surface area contributed by atoms with E-state index in [4.69, 9.17) is 4.74 Å². The van der Waals surface area contributed by atoms with Crippen molar-refractivity contribution in [2.45, 2.75) is 34.2 Å². The van der Waals surface area contributed by atoms with Crippen molar-refractivity contribution in [3.63, 3.8) is 0 Å². The lowest BCUT2D eigenvalue weighted by molar-refractivity contribution is 0.287. The van der Waals surface area contributed by atoms with Crippen LogP contribution in [0.25, 0.3) is 0 Å². The Morgan fingerprint density at radius 2 is 1.50 bits per heavy atom. The van der Waals surface area contributed by atoms with Gasteiger partial charge in [0.2, 0.25) is 0 Å². The first kappa shape index (κ1) is 13.0. The summed E-state index contributed by atoms with van der Waals surface area (Å²) in [5.74, 6) is 1.07. The molecule has 0 amide bonds. The van der Waals surface area contributed by atoms with Gasteiger partial charge in [0.25, 0.3) is 0 Å². The highest BCUT2D eigenvalue weighted by Crippen LogP contribution is 2.32. The Morgan fingerprint density at radius 3 is 2.20 bits per heavy atom. The van der Waals surface area contributed by atoms with Crippen molar-refractivity contribution >= 4 is 5.69 Å². The third-order valence-corrected chi connectivity index (χ3v) is 3.79. The average molecular weight is 267 g/mol. The zero-order valence-electron chi connectivity index (χ0n) is 12.7. The summed E-state index contributed by atoms with van der Waals surface area (Å²) in [7, 11) is 0. The Bertz CT molecular complexity index is 640. The Kier molecular flexibility index (Phi) is 3.17. The molecule has 0 unspecified atom stereocenters. The van der Waals surface area contributed by atoms with Crippen LogP contribution in [0, 0.1) is 27.7 Å². The lowest BCUT2D eigenvalue weighted by Crippen LogP contribution is -2.32. The molecule has 2 heteroatoms. The molecule has 0 bridgehead atoms. The van der Waals surface area contributed by atoms with Gasteiger partial charge in [-0.05, 0) is 56.5 Å². The molecular formula is C18H21NO.